The number of esters is 1. The second-order valence-electron chi connectivity index (χ2n) is 4.41. The van der Waals surface area contributed by atoms with Gasteiger partial charge in [-0.25, -0.2) is 23.4 Å². The van der Waals surface area contributed by atoms with Gasteiger partial charge in [0.15, 0.2) is 12.4 Å². The molecule has 1 heterocycles. The fourth-order valence-corrected chi connectivity index (χ4v) is 1.76. The van der Waals surface area contributed by atoms with Gasteiger partial charge in [-0.2, -0.15) is 4.57 Å². The molecular formula is C16H16ClNO6. The van der Waals surface area contributed by atoms with Gasteiger partial charge in [-0.1, -0.05) is 18.2 Å². The van der Waals surface area contributed by atoms with E-state index in [2.05, 4.69) is 6.58 Å². The smallest absolute Gasteiger partial charge is 0.344 e. The first-order valence-corrected chi connectivity index (χ1v) is 8.00. The van der Waals surface area contributed by atoms with Crippen molar-refractivity contribution in [2.45, 2.75) is 6.92 Å². The van der Waals surface area contributed by atoms with Crippen LogP contribution in [-0.2, 0) is 4.74 Å². The van der Waals surface area contributed by atoms with Crippen molar-refractivity contribution in [3.63, 3.8) is 0 Å². The SMILES string of the molecule is C=C(c1ccccc1)[n+]1cccc(C(=O)OCC)c1.[O-][Cl+3]([O-])([O-])[O-]. The lowest BCUT2D eigenvalue weighted by molar-refractivity contribution is -2.00. The molecule has 128 valence electrons. The maximum Gasteiger partial charge on any atom is 0.344 e. The molecule has 0 aliphatic rings. The van der Waals surface area contributed by atoms with E-state index in [9.17, 15) is 4.79 Å². The Kier molecular flexibility index (Phi) is 7.50. The zero-order valence-electron chi connectivity index (χ0n) is 12.9. The van der Waals surface area contributed by atoms with Crippen LogP contribution in [0.3, 0.4) is 0 Å². The molecule has 0 spiro atoms. The van der Waals surface area contributed by atoms with E-state index in [1.807, 2.05) is 41.1 Å². The predicted octanol–water partition coefficient (Wildman–Crippen LogP) is -2.09. The van der Waals surface area contributed by atoms with Crippen LogP contribution in [0.2, 0.25) is 0 Å². The van der Waals surface area contributed by atoms with Gasteiger partial charge >= 0.3 is 5.97 Å². The highest BCUT2D eigenvalue weighted by Gasteiger charge is 2.14. The zero-order valence-corrected chi connectivity index (χ0v) is 13.6. The highest BCUT2D eigenvalue weighted by Crippen LogP contribution is 2.08. The molecule has 7 nitrogen and oxygen atoms in total. The summed E-state index contributed by atoms with van der Waals surface area (Å²) in [4.78, 5) is 11.7. The summed E-state index contributed by atoms with van der Waals surface area (Å²) in [6, 6.07) is 13.4. The minimum atomic E-state index is -4.94. The normalized spacial score (nSPS) is 10.4. The van der Waals surface area contributed by atoms with Gasteiger partial charge in [0.25, 0.3) is 0 Å². The number of carbonyl (C=O) groups excluding carboxylic acids is 1. The van der Waals surface area contributed by atoms with Crippen molar-refractivity contribution in [3.8, 4) is 0 Å². The number of halogens is 1. The molecule has 1 aromatic carbocycles. The lowest BCUT2D eigenvalue weighted by Crippen LogP contribution is -2.68. The second-order valence-corrected chi connectivity index (χ2v) is 5.17. The van der Waals surface area contributed by atoms with E-state index < -0.39 is 10.2 Å². The number of rotatable bonds is 4. The topological polar surface area (TPSA) is 122 Å². The molecule has 0 saturated heterocycles. The molecule has 2 rings (SSSR count). The number of hydrogen-bond acceptors (Lipinski definition) is 6. The van der Waals surface area contributed by atoms with Crippen LogP contribution in [-0.4, -0.2) is 12.6 Å². The van der Waals surface area contributed by atoms with Crippen LogP contribution in [0.25, 0.3) is 5.70 Å². The van der Waals surface area contributed by atoms with Gasteiger partial charge in [0, 0.05) is 11.6 Å². The van der Waals surface area contributed by atoms with E-state index in [0.29, 0.717) is 12.2 Å². The number of benzene rings is 1. The molecule has 0 atom stereocenters. The van der Waals surface area contributed by atoms with Gasteiger partial charge < -0.3 is 4.74 Å². The Balaban J connectivity index is 0.000000505. The Hall–Kier alpha value is -2.29. The monoisotopic (exact) mass is 353 g/mol. The van der Waals surface area contributed by atoms with E-state index >= 15 is 0 Å². The molecule has 0 aliphatic carbocycles. The van der Waals surface area contributed by atoms with Crippen LogP contribution >= 0.6 is 0 Å². The first-order chi connectivity index (χ1) is 11.2. The molecule has 0 N–H and O–H groups in total. The fourth-order valence-electron chi connectivity index (χ4n) is 1.76. The molecule has 1 aromatic heterocycles. The van der Waals surface area contributed by atoms with E-state index in [-0.39, 0.29) is 5.97 Å². The summed E-state index contributed by atoms with van der Waals surface area (Å²) in [5.41, 5.74) is 2.33. The van der Waals surface area contributed by atoms with Crippen LogP contribution in [0.5, 0.6) is 0 Å². The molecule has 8 heteroatoms. The lowest BCUT2D eigenvalue weighted by atomic mass is 10.1. The number of nitrogens with zero attached hydrogens (tertiary/aromatic N) is 1. The zero-order chi connectivity index (χ0) is 18.2. The minimum Gasteiger partial charge on any atom is -0.462 e. The lowest BCUT2D eigenvalue weighted by Gasteiger charge is -2.17. The van der Waals surface area contributed by atoms with Crippen LogP contribution < -0.4 is 23.2 Å². The Morgan fingerprint density at radius 1 is 1.08 bits per heavy atom. The van der Waals surface area contributed by atoms with Crippen molar-refractivity contribution in [1.29, 1.82) is 0 Å². The maximum absolute atomic E-state index is 11.7. The molecule has 0 fully saturated rings. The van der Waals surface area contributed by atoms with E-state index in [1.165, 1.54) is 0 Å². The van der Waals surface area contributed by atoms with Crippen molar-refractivity contribution >= 4 is 11.7 Å². The molecule has 0 saturated carbocycles. The largest absolute Gasteiger partial charge is 0.462 e. The van der Waals surface area contributed by atoms with Crippen LogP contribution in [0.15, 0.2) is 61.4 Å². The molecule has 0 radical (unpaired) electrons. The van der Waals surface area contributed by atoms with Crippen molar-refractivity contribution < 1.29 is 43.0 Å². The van der Waals surface area contributed by atoms with E-state index in [1.54, 1.807) is 25.3 Å². The standard InChI is InChI=1S/C16H16NO2.ClHO4/c1-3-19-16(18)15-10-7-11-17(12-15)13(2)14-8-5-4-6-9-14;2-1(3,4)5/h4-12H,2-3H2,1H3;(H,2,3,4,5)/q+1;/p-1. The van der Waals surface area contributed by atoms with Crippen LogP contribution in [0.4, 0.5) is 0 Å². The quantitative estimate of drug-likeness (QED) is 0.459. The molecule has 2 aromatic rings. The molecule has 24 heavy (non-hydrogen) atoms. The van der Waals surface area contributed by atoms with Crippen molar-refractivity contribution in [2.75, 3.05) is 6.61 Å². The summed E-state index contributed by atoms with van der Waals surface area (Å²) < 4.78 is 40.8. The number of carbonyl (C=O) groups is 1. The number of hydrogen-bond donors (Lipinski definition) is 0. The van der Waals surface area contributed by atoms with Crippen molar-refractivity contribution in [3.05, 3.63) is 72.6 Å². The highest BCUT2D eigenvalue weighted by molar-refractivity contribution is 5.88. The van der Waals surface area contributed by atoms with E-state index in [4.69, 9.17) is 23.4 Å². The maximum atomic E-state index is 11.7. The summed E-state index contributed by atoms with van der Waals surface area (Å²) in [6.07, 6.45) is 3.59. The Morgan fingerprint density at radius 3 is 2.17 bits per heavy atom. The first kappa shape index (κ1) is 19.8. The number of aromatic nitrogens is 1. The van der Waals surface area contributed by atoms with Gasteiger partial charge in [-0.15, -0.1) is 10.2 Å². The molecule has 0 amide bonds. The van der Waals surface area contributed by atoms with Crippen LogP contribution in [0.1, 0.15) is 22.8 Å². The Morgan fingerprint density at radius 2 is 1.62 bits per heavy atom. The summed E-state index contributed by atoms with van der Waals surface area (Å²) in [7, 11) is -4.94. The Labute approximate surface area is 141 Å². The molecule has 0 unspecified atom stereocenters. The Bertz CT molecular complexity index is 678. The van der Waals surface area contributed by atoms with Gasteiger partial charge in [-0.05, 0) is 31.7 Å². The first-order valence-electron chi connectivity index (χ1n) is 6.77. The van der Waals surface area contributed by atoms with Gasteiger partial charge in [-0.3, -0.25) is 0 Å². The number of ether oxygens (including phenoxy) is 1. The fraction of sp³-hybridized carbons (Fsp3) is 0.125. The third-order valence-corrected chi connectivity index (χ3v) is 2.73. The van der Waals surface area contributed by atoms with E-state index in [0.717, 1.165) is 11.3 Å². The third-order valence-electron chi connectivity index (χ3n) is 2.73. The summed E-state index contributed by atoms with van der Waals surface area (Å²) >= 11 is 0. The molecule has 0 bridgehead atoms. The van der Waals surface area contributed by atoms with Crippen molar-refractivity contribution in [2.24, 2.45) is 0 Å². The second kappa shape index (κ2) is 9.11. The number of pyridine rings is 1. The van der Waals surface area contributed by atoms with Gasteiger partial charge in [0.1, 0.15) is 5.56 Å². The van der Waals surface area contributed by atoms with Gasteiger partial charge in [0.2, 0.25) is 5.70 Å². The predicted molar refractivity (Wildman–Crippen MR) is 73.5 cm³/mol. The average molecular weight is 354 g/mol. The van der Waals surface area contributed by atoms with Crippen molar-refractivity contribution in [1.82, 2.24) is 0 Å². The highest BCUT2D eigenvalue weighted by atomic mass is 35.7. The van der Waals surface area contributed by atoms with Gasteiger partial charge in [0.05, 0.1) is 6.61 Å². The minimum absolute atomic E-state index is 0.322. The summed E-state index contributed by atoms with van der Waals surface area (Å²) in [5.74, 6) is -0.322. The summed E-state index contributed by atoms with van der Waals surface area (Å²) in [5, 5.41) is 0. The molecular weight excluding hydrogens is 338 g/mol. The third kappa shape index (κ3) is 7.32. The molecule has 0 aliphatic heterocycles. The van der Waals surface area contributed by atoms with Crippen LogP contribution in [0, 0.1) is 10.2 Å². The average Bonchev–Trinajstić information content (AvgIpc) is 2.54. The summed E-state index contributed by atoms with van der Waals surface area (Å²) in [6.45, 7) is 6.21.